The highest BCUT2D eigenvalue weighted by molar-refractivity contribution is 5.55. The molecule has 6 heteroatoms. The zero-order valence-electron chi connectivity index (χ0n) is 15.2. The van der Waals surface area contributed by atoms with Crippen molar-refractivity contribution in [3.05, 3.63) is 66.4 Å². The van der Waals surface area contributed by atoms with Crippen LogP contribution in [0.5, 0.6) is 5.75 Å². The maximum absolute atomic E-state index is 5.64. The molecule has 3 rings (SSSR count). The van der Waals surface area contributed by atoms with Crippen LogP contribution in [-0.2, 0) is 0 Å². The summed E-state index contributed by atoms with van der Waals surface area (Å²) in [5, 5.41) is 14.6. The lowest BCUT2D eigenvalue weighted by Crippen LogP contribution is -2.10. The molecule has 1 aromatic heterocycles. The quantitative estimate of drug-likeness (QED) is 0.651. The molecule has 0 radical (unpaired) electrons. The van der Waals surface area contributed by atoms with Crippen molar-refractivity contribution in [1.82, 2.24) is 15.2 Å². The van der Waals surface area contributed by atoms with Crippen molar-refractivity contribution < 1.29 is 4.74 Å². The lowest BCUT2D eigenvalue weighted by atomic mass is 10.1. The Morgan fingerprint density at radius 1 is 0.923 bits per heavy atom. The molecule has 0 aliphatic heterocycles. The van der Waals surface area contributed by atoms with Gasteiger partial charge in [0.05, 0.1) is 12.3 Å². The second-order valence-corrected chi connectivity index (χ2v) is 6.26. The Hall–Kier alpha value is -3.15. The third-order valence-corrected chi connectivity index (χ3v) is 3.71. The Bertz CT molecular complexity index is 821. The van der Waals surface area contributed by atoms with Gasteiger partial charge in [0.1, 0.15) is 5.75 Å². The fourth-order valence-corrected chi connectivity index (χ4v) is 2.49. The van der Waals surface area contributed by atoms with Crippen molar-refractivity contribution in [2.24, 2.45) is 0 Å². The Labute approximate surface area is 153 Å². The standard InChI is InChI=1S/C20H23N5O/c1-14(2)26-18-11-9-17(10-12-18)23-20-24-19(13-21-25-20)22-15(3)16-7-5-4-6-8-16/h4-15H,1-3H3,(H2,22,23,24,25). The summed E-state index contributed by atoms with van der Waals surface area (Å²) in [5.74, 6) is 1.93. The maximum atomic E-state index is 5.64. The molecule has 3 aromatic rings. The number of nitrogens with one attached hydrogen (secondary N) is 2. The molecular weight excluding hydrogens is 326 g/mol. The van der Waals surface area contributed by atoms with Crippen LogP contribution in [-0.4, -0.2) is 21.3 Å². The van der Waals surface area contributed by atoms with E-state index in [1.54, 1.807) is 6.20 Å². The van der Waals surface area contributed by atoms with E-state index in [0.29, 0.717) is 11.8 Å². The van der Waals surface area contributed by atoms with Gasteiger partial charge in [0, 0.05) is 11.7 Å². The third kappa shape index (κ3) is 4.92. The first-order valence-corrected chi connectivity index (χ1v) is 8.65. The molecule has 26 heavy (non-hydrogen) atoms. The molecular formula is C20H23N5O. The minimum atomic E-state index is 0.119. The second kappa shape index (κ2) is 8.29. The van der Waals surface area contributed by atoms with Gasteiger partial charge in [-0.2, -0.15) is 10.1 Å². The van der Waals surface area contributed by atoms with Crippen LogP contribution in [0.2, 0.25) is 0 Å². The number of hydrogen-bond donors (Lipinski definition) is 2. The van der Waals surface area contributed by atoms with Gasteiger partial charge in [0.15, 0.2) is 5.82 Å². The highest BCUT2D eigenvalue weighted by Gasteiger charge is 2.07. The summed E-state index contributed by atoms with van der Waals surface area (Å²) in [5.41, 5.74) is 2.05. The van der Waals surface area contributed by atoms with E-state index in [1.165, 1.54) is 5.56 Å². The van der Waals surface area contributed by atoms with E-state index in [1.807, 2.05) is 56.3 Å². The van der Waals surface area contributed by atoms with Crippen LogP contribution in [0.1, 0.15) is 32.4 Å². The lowest BCUT2D eigenvalue weighted by molar-refractivity contribution is 0.242. The van der Waals surface area contributed by atoms with Crippen molar-refractivity contribution in [2.75, 3.05) is 10.6 Å². The molecule has 2 N–H and O–H groups in total. The van der Waals surface area contributed by atoms with Gasteiger partial charge in [0.2, 0.25) is 5.95 Å². The Balaban J connectivity index is 1.65. The van der Waals surface area contributed by atoms with E-state index in [4.69, 9.17) is 4.74 Å². The lowest BCUT2D eigenvalue weighted by Gasteiger charge is -2.15. The van der Waals surface area contributed by atoms with Gasteiger partial charge in [-0.15, -0.1) is 5.10 Å². The summed E-state index contributed by atoms with van der Waals surface area (Å²) in [6, 6.07) is 18.0. The topological polar surface area (TPSA) is 72.0 Å². The summed E-state index contributed by atoms with van der Waals surface area (Å²) >= 11 is 0. The average molecular weight is 349 g/mol. The summed E-state index contributed by atoms with van der Waals surface area (Å²) in [6.45, 7) is 6.08. The molecule has 1 atom stereocenters. The van der Waals surface area contributed by atoms with Crippen molar-refractivity contribution in [3.63, 3.8) is 0 Å². The van der Waals surface area contributed by atoms with Gasteiger partial charge >= 0.3 is 0 Å². The summed E-state index contributed by atoms with van der Waals surface area (Å²) in [6.07, 6.45) is 1.76. The number of rotatable bonds is 7. The van der Waals surface area contributed by atoms with Crippen LogP contribution in [0, 0.1) is 0 Å². The Kier molecular flexibility index (Phi) is 5.63. The maximum Gasteiger partial charge on any atom is 0.249 e. The van der Waals surface area contributed by atoms with Crippen LogP contribution in [0.3, 0.4) is 0 Å². The molecule has 0 aliphatic rings. The largest absolute Gasteiger partial charge is 0.491 e. The van der Waals surface area contributed by atoms with Gasteiger partial charge in [-0.3, -0.25) is 0 Å². The minimum absolute atomic E-state index is 0.119. The Morgan fingerprint density at radius 2 is 1.65 bits per heavy atom. The van der Waals surface area contributed by atoms with E-state index >= 15 is 0 Å². The first-order chi connectivity index (χ1) is 12.6. The molecule has 0 fully saturated rings. The molecule has 0 aliphatic carbocycles. The van der Waals surface area contributed by atoms with Crippen LogP contribution in [0.15, 0.2) is 60.8 Å². The normalized spacial score (nSPS) is 11.8. The molecule has 0 saturated heterocycles. The third-order valence-electron chi connectivity index (χ3n) is 3.71. The average Bonchev–Trinajstić information content (AvgIpc) is 2.64. The molecule has 134 valence electrons. The summed E-state index contributed by atoms with van der Waals surface area (Å²) < 4.78 is 5.64. The van der Waals surface area contributed by atoms with E-state index in [0.717, 1.165) is 11.4 Å². The number of hydrogen-bond acceptors (Lipinski definition) is 6. The van der Waals surface area contributed by atoms with E-state index in [9.17, 15) is 0 Å². The van der Waals surface area contributed by atoms with Crippen molar-refractivity contribution in [1.29, 1.82) is 0 Å². The van der Waals surface area contributed by atoms with Crippen LogP contribution in [0.25, 0.3) is 0 Å². The van der Waals surface area contributed by atoms with Crippen LogP contribution < -0.4 is 15.4 Å². The zero-order valence-corrected chi connectivity index (χ0v) is 15.2. The second-order valence-electron chi connectivity index (χ2n) is 6.26. The van der Waals surface area contributed by atoms with Crippen molar-refractivity contribution in [2.45, 2.75) is 32.9 Å². The smallest absolute Gasteiger partial charge is 0.249 e. The number of aromatic nitrogens is 3. The zero-order chi connectivity index (χ0) is 18.4. The van der Waals surface area contributed by atoms with Gasteiger partial charge in [0.25, 0.3) is 0 Å². The predicted octanol–water partition coefficient (Wildman–Crippen LogP) is 4.58. The van der Waals surface area contributed by atoms with Crippen LogP contribution >= 0.6 is 0 Å². The highest BCUT2D eigenvalue weighted by Crippen LogP contribution is 2.21. The highest BCUT2D eigenvalue weighted by atomic mass is 16.5. The summed E-state index contributed by atoms with van der Waals surface area (Å²) in [4.78, 5) is 4.48. The molecule has 6 nitrogen and oxygen atoms in total. The SMILES string of the molecule is CC(C)Oc1ccc(Nc2nncc(NC(C)c3ccccc3)n2)cc1. The fraction of sp³-hybridized carbons (Fsp3) is 0.250. The van der Waals surface area contributed by atoms with Crippen molar-refractivity contribution in [3.8, 4) is 5.75 Å². The molecule has 0 spiro atoms. The van der Waals surface area contributed by atoms with Gasteiger partial charge in [-0.1, -0.05) is 30.3 Å². The molecule has 1 heterocycles. The fourth-order valence-electron chi connectivity index (χ4n) is 2.49. The van der Waals surface area contributed by atoms with E-state index in [2.05, 4.69) is 44.9 Å². The predicted molar refractivity (Wildman–Crippen MR) is 104 cm³/mol. The molecule has 0 amide bonds. The van der Waals surface area contributed by atoms with E-state index in [-0.39, 0.29) is 12.1 Å². The first kappa shape index (κ1) is 17.7. The molecule has 2 aromatic carbocycles. The number of nitrogens with zero attached hydrogens (tertiary/aromatic N) is 3. The first-order valence-electron chi connectivity index (χ1n) is 8.65. The number of benzene rings is 2. The molecule has 0 saturated carbocycles. The van der Waals surface area contributed by atoms with Gasteiger partial charge in [-0.25, -0.2) is 0 Å². The van der Waals surface area contributed by atoms with Gasteiger partial charge < -0.3 is 15.4 Å². The van der Waals surface area contributed by atoms with Crippen molar-refractivity contribution >= 4 is 17.5 Å². The number of ether oxygens (including phenoxy) is 1. The monoisotopic (exact) mass is 349 g/mol. The van der Waals surface area contributed by atoms with E-state index < -0.39 is 0 Å². The number of anilines is 3. The minimum Gasteiger partial charge on any atom is -0.491 e. The molecule has 0 bridgehead atoms. The Morgan fingerprint density at radius 3 is 2.35 bits per heavy atom. The molecule has 1 unspecified atom stereocenters. The summed E-state index contributed by atoms with van der Waals surface area (Å²) in [7, 11) is 0. The van der Waals surface area contributed by atoms with Crippen LogP contribution in [0.4, 0.5) is 17.5 Å². The van der Waals surface area contributed by atoms with Gasteiger partial charge in [-0.05, 0) is 50.6 Å².